The molecule has 0 fully saturated rings. The van der Waals surface area contributed by atoms with Crippen LogP contribution in [0.25, 0.3) is 0 Å². The largest absolute Gasteiger partial charge is 1.00 e. The molecule has 22 heavy (non-hydrogen) atoms. The Labute approximate surface area is 170 Å². The van der Waals surface area contributed by atoms with Gasteiger partial charge in [0, 0.05) is 0 Å². The zero-order valence-electron chi connectivity index (χ0n) is 17.1. The van der Waals surface area contributed by atoms with Crippen LogP contribution in [0.5, 0.6) is 0 Å². The van der Waals surface area contributed by atoms with E-state index in [0.717, 1.165) is 23.2 Å². The van der Waals surface area contributed by atoms with Crippen LogP contribution in [0.15, 0.2) is 0 Å². The van der Waals surface area contributed by atoms with Gasteiger partial charge in [-0.1, -0.05) is 0 Å². The van der Waals surface area contributed by atoms with Gasteiger partial charge in [-0.3, -0.25) is 0 Å². The van der Waals surface area contributed by atoms with Crippen molar-refractivity contribution in [3.63, 3.8) is 0 Å². The summed E-state index contributed by atoms with van der Waals surface area (Å²) in [6, 6.07) is 0. The van der Waals surface area contributed by atoms with E-state index in [2.05, 4.69) is 83.1 Å². The van der Waals surface area contributed by atoms with Crippen LogP contribution in [0, 0.1) is 0 Å². The molecule has 0 aromatic heterocycles. The smallest absolute Gasteiger partial charge is 1.00 e. The van der Waals surface area contributed by atoms with Crippen molar-refractivity contribution in [2.75, 3.05) is 0 Å². The predicted molar refractivity (Wildman–Crippen MR) is 102 cm³/mol. The first-order chi connectivity index (χ1) is 8.93. The van der Waals surface area contributed by atoms with Crippen LogP contribution in [0.1, 0.15) is 83.1 Å². The molecule has 0 aliphatic heterocycles. The number of halogens is 2. The Morgan fingerprint density at radius 3 is 0.409 bits per heavy atom. The van der Waals surface area contributed by atoms with E-state index in [4.69, 9.17) is 0 Å². The van der Waals surface area contributed by atoms with E-state index in [9.17, 15) is 0 Å². The molecule has 0 bridgehead atoms. The van der Waals surface area contributed by atoms with Gasteiger partial charge in [-0.05, 0) is 0 Å². The Bertz CT molecular complexity index is 165. The molecule has 4 heteroatoms. The molecular formula is C18H42Cl2Sb2-2. The predicted octanol–water partition coefficient (Wildman–Crippen LogP) is 1.43. The molecule has 0 rings (SSSR count). The van der Waals surface area contributed by atoms with Gasteiger partial charge in [-0.15, -0.1) is 0 Å². The van der Waals surface area contributed by atoms with Gasteiger partial charge in [-0.2, -0.15) is 0 Å². The van der Waals surface area contributed by atoms with E-state index in [-0.39, 0.29) is 24.8 Å². The van der Waals surface area contributed by atoms with Gasteiger partial charge in [0.05, 0.1) is 0 Å². The average molecular weight is 573 g/mol. The van der Waals surface area contributed by atoms with Crippen LogP contribution in [0.2, 0.25) is 23.2 Å². The van der Waals surface area contributed by atoms with E-state index in [1.165, 1.54) is 0 Å². The molecule has 0 spiro atoms. The van der Waals surface area contributed by atoms with Crippen LogP contribution in [0.4, 0.5) is 0 Å². The van der Waals surface area contributed by atoms with Gasteiger partial charge in [0.25, 0.3) is 0 Å². The summed E-state index contributed by atoms with van der Waals surface area (Å²) in [5.41, 5.74) is 0. The van der Waals surface area contributed by atoms with Gasteiger partial charge < -0.3 is 24.8 Å². The molecule has 0 aliphatic rings. The second kappa shape index (κ2) is 16.7. The molecular weight excluding hydrogens is 531 g/mol. The molecule has 0 aliphatic carbocycles. The minimum atomic E-state index is -0.883. The van der Waals surface area contributed by atoms with Crippen molar-refractivity contribution in [1.29, 1.82) is 0 Å². The third-order valence-electron chi connectivity index (χ3n) is 3.58. The van der Waals surface area contributed by atoms with Gasteiger partial charge in [0.15, 0.2) is 0 Å². The molecule has 0 nitrogen and oxygen atoms in total. The first kappa shape index (κ1) is 31.9. The molecule has 0 saturated carbocycles. The fraction of sp³-hybridized carbons (Fsp3) is 1.00. The Morgan fingerprint density at radius 2 is 0.409 bits per heavy atom. The topological polar surface area (TPSA) is 0 Å². The van der Waals surface area contributed by atoms with E-state index in [0.29, 0.717) is 0 Å². The zero-order valence-corrected chi connectivity index (χ0v) is 23.7. The third kappa shape index (κ3) is 14.6. The standard InChI is InChI=1S/6C3H7.2ClH.2Sb/c6*1-3-2;;;;/h6*3H,1-2H3;2*1H;;/p-2. The monoisotopic (exact) mass is 570 g/mol. The molecule has 0 amide bonds. The Kier molecular flexibility index (Phi) is 24.2. The summed E-state index contributed by atoms with van der Waals surface area (Å²) in [5, 5.41) is 0. The normalized spacial score (nSPS) is 11.5. The second-order valence-corrected chi connectivity index (χ2v) is 30.2. The summed E-state index contributed by atoms with van der Waals surface area (Å²) in [6.45, 7) is 28.9. The minimum absolute atomic E-state index is 0. The molecule has 0 radical (unpaired) electrons. The number of rotatable bonds is 6. The fourth-order valence-corrected chi connectivity index (χ4v) is 24.0. The van der Waals surface area contributed by atoms with Crippen LogP contribution >= 0.6 is 0 Å². The van der Waals surface area contributed by atoms with Crippen molar-refractivity contribution in [3.8, 4) is 0 Å². The Hall–Kier alpha value is 2.22. The van der Waals surface area contributed by atoms with Gasteiger partial charge in [0.1, 0.15) is 0 Å². The SMILES string of the molecule is C[CH](C)[Sb]([CH](C)C)[CH](C)C.C[CH](C)[Sb]([CH](C)C)[CH](C)C.[Cl-].[Cl-]. The number of hydrogen-bond donors (Lipinski definition) is 0. The first-order valence-electron chi connectivity index (χ1n) is 8.48. The molecule has 0 unspecified atom stereocenters. The molecule has 140 valence electrons. The van der Waals surface area contributed by atoms with Crippen molar-refractivity contribution in [2.24, 2.45) is 0 Å². The molecule has 0 saturated heterocycles. The Morgan fingerprint density at radius 1 is 0.318 bits per heavy atom. The quantitative estimate of drug-likeness (QED) is 0.423. The van der Waals surface area contributed by atoms with E-state index >= 15 is 0 Å². The van der Waals surface area contributed by atoms with Crippen molar-refractivity contribution in [3.05, 3.63) is 0 Å². The summed E-state index contributed by atoms with van der Waals surface area (Å²) in [6.07, 6.45) is 0. The maximum absolute atomic E-state index is 2.41. The van der Waals surface area contributed by atoms with Crippen LogP contribution in [0.3, 0.4) is 0 Å². The van der Waals surface area contributed by atoms with Gasteiger partial charge in [0.2, 0.25) is 0 Å². The summed E-state index contributed by atoms with van der Waals surface area (Å²) in [5.74, 6) is 0. The van der Waals surface area contributed by atoms with Crippen molar-refractivity contribution in [1.82, 2.24) is 0 Å². The number of hydrogen-bond acceptors (Lipinski definition) is 0. The van der Waals surface area contributed by atoms with Crippen LogP contribution in [-0.2, 0) is 0 Å². The van der Waals surface area contributed by atoms with Gasteiger partial charge in [-0.25, -0.2) is 0 Å². The second-order valence-electron chi connectivity index (χ2n) is 7.46. The van der Waals surface area contributed by atoms with E-state index < -0.39 is 40.4 Å². The minimum Gasteiger partial charge on any atom is -1.00 e. The van der Waals surface area contributed by atoms with Crippen LogP contribution < -0.4 is 24.8 Å². The summed E-state index contributed by atoms with van der Waals surface area (Å²) in [7, 11) is 0. The first-order valence-corrected chi connectivity index (χ1v) is 17.3. The molecule has 0 aromatic carbocycles. The van der Waals surface area contributed by atoms with Gasteiger partial charge >= 0.3 is 147 Å². The summed E-state index contributed by atoms with van der Waals surface area (Å²) in [4.78, 5) is 0. The van der Waals surface area contributed by atoms with E-state index in [1.54, 1.807) is 0 Å². The van der Waals surface area contributed by atoms with Crippen LogP contribution in [-0.4, -0.2) is 40.4 Å². The summed E-state index contributed by atoms with van der Waals surface area (Å²) >= 11 is -1.77. The Balaban J connectivity index is -0.000000135. The third-order valence-corrected chi connectivity index (χ3v) is 24.0. The zero-order chi connectivity index (χ0) is 16.6. The van der Waals surface area contributed by atoms with Crippen molar-refractivity contribution >= 4 is 40.4 Å². The van der Waals surface area contributed by atoms with Crippen molar-refractivity contribution in [2.45, 2.75) is 106 Å². The molecule has 0 N–H and O–H groups in total. The summed E-state index contributed by atoms with van der Waals surface area (Å²) < 4.78 is 6.10. The fourth-order valence-electron chi connectivity index (χ4n) is 3.58. The molecule has 0 aromatic rings. The van der Waals surface area contributed by atoms with Crippen molar-refractivity contribution < 1.29 is 24.8 Å². The maximum atomic E-state index is 2.41. The van der Waals surface area contributed by atoms with E-state index in [1.807, 2.05) is 0 Å². The molecule has 0 heterocycles. The maximum Gasteiger partial charge on any atom is -1.00 e. The molecule has 0 atom stereocenters. The average Bonchev–Trinajstić information content (AvgIpc) is 2.12.